The van der Waals surface area contributed by atoms with Crippen molar-refractivity contribution in [1.82, 2.24) is 19.7 Å². The minimum atomic E-state index is -4.57. The highest BCUT2D eigenvalue weighted by atomic mass is 31.2. The van der Waals surface area contributed by atoms with E-state index in [1.807, 2.05) is 0 Å². The van der Waals surface area contributed by atoms with E-state index in [1.165, 1.54) is 35.7 Å². The fourth-order valence-electron chi connectivity index (χ4n) is 5.19. The number of halogens is 3. The van der Waals surface area contributed by atoms with Gasteiger partial charge in [-0.1, -0.05) is 18.2 Å². The van der Waals surface area contributed by atoms with Gasteiger partial charge in [0.1, 0.15) is 48.5 Å². The molecule has 0 unspecified atom stereocenters. The van der Waals surface area contributed by atoms with Crippen molar-refractivity contribution in [3.05, 3.63) is 54.5 Å². The number of esters is 1. The largest absolute Gasteiger partial charge is 0.464 e. The molecule has 5 atom stereocenters. The second kappa shape index (κ2) is 15.0. The minimum absolute atomic E-state index is 0.0309. The van der Waals surface area contributed by atoms with Gasteiger partial charge in [-0.05, 0) is 62.8 Å². The molecule has 0 spiro atoms. The number of aliphatic hydroxyl groups excluding tert-OH is 2. The Balaban J connectivity index is 1.47. The van der Waals surface area contributed by atoms with E-state index in [2.05, 4.69) is 15.2 Å². The van der Waals surface area contributed by atoms with Gasteiger partial charge in [0.2, 0.25) is 5.60 Å². The number of benzene rings is 1. The van der Waals surface area contributed by atoms with Gasteiger partial charge in [0.25, 0.3) is 0 Å². The Labute approximate surface area is 268 Å². The molecule has 47 heavy (non-hydrogen) atoms. The quantitative estimate of drug-likeness (QED) is 0.141. The predicted octanol–water partition coefficient (Wildman–Crippen LogP) is 3.71. The lowest BCUT2D eigenvalue weighted by Gasteiger charge is -2.34. The zero-order chi connectivity index (χ0) is 34.4. The van der Waals surface area contributed by atoms with E-state index in [0.717, 1.165) is 13.4 Å². The van der Waals surface area contributed by atoms with Crippen molar-refractivity contribution in [2.75, 3.05) is 26.1 Å². The first-order chi connectivity index (χ1) is 22.2. The summed E-state index contributed by atoms with van der Waals surface area (Å²) in [6.07, 6.45) is -6.58. The fourth-order valence-corrected chi connectivity index (χ4v) is 6.71. The Kier molecular flexibility index (Phi) is 11.5. The van der Waals surface area contributed by atoms with Crippen LogP contribution in [0.5, 0.6) is 5.75 Å². The Bertz CT molecular complexity index is 1600. The summed E-state index contributed by atoms with van der Waals surface area (Å²) in [5.74, 6) is -2.36. The number of nitrogen functional groups attached to an aromatic ring is 1. The summed E-state index contributed by atoms with van der Waals surface area (Å²) in [5, 5.41) is 38.8. The summed E-state index contributed by atoms with van der Waals surface area (Å²) in [7, 11) is -3.51. The molecule has 1 aromatic carbocycles. The molecule has 0 saturated heterocycles. The van der Waals surface area contributed by atoms with Gasteiger partial charge in [0.15, 0.2) is 5.82 Å². The summed E-state index contributed by atoms with van der Waals surface area (Å²) < 4.78 is 76.0. The molecule has 0 bridgehead atoms. The predicted molar refractivity (Wildman–Crippen MR) is 159 cm³/mol. The number of anilines is 1. The summed E-state index contributed by atoms with van der Waals surface area (Å²) in [6, 6.07) is 11.1. The number of nitriles is 1. The maximum Gasteiger partial charge on any atom is 0.459 e. The third-order valence-corrected chi connectivity index (χ3v) is 9.66. The van der Waals surface area contributed by atoms with Gasteiger partial charge in [-0.15, -0.1) is 0 Å². The molecular weight excluding hydrogens is 648 g/mol. The van der Waals surface area contributed by atoms with Crippen molar-refractivity contribution in [3.8, 4) is 11.8 Å². The standard InChI is InChI=1S/C29H36F3N6O8P/c1-18(27(41)44-14-19-8-10-20(11-9-19)29(30,31)32)37-47(42,46-21-6-4-3-5-7-21)45-16-28(15-33,43-2)25(40)24(39)22-12-13-23-26(34)35-17-36-38(22)23/h3-7,12-13,17-20,24-25,39-40H,8-11,14,16H2,1-2H3,(H,37,42)(H2,34,35,36)/t18-,19-,20-,24-,25-,28+,47-/m0/s1. The van der Waals surface area contributed by atoms with Crippen LogP contribution in [0, 0.1) is 23.2 Å². The van der Waals surface area contributed by atoms with Gasteiger partial charge < -0.3 is 29.9 Å². The van der Waals surface area contributed by atoms with Crippen molar-refractivity contribution in [3.63, 3.8) is 0 Å². The van der Waals surface area contributed by atoms with Crippen LogP contribution >= 0.6 is 7.75 Å². The second-order valence-electron chi connectivity index (χ2n) is 11.2. The van der Waals surface area contributed by atoms with E-state index < -0.39 is 56.3 Å². The number of aliphatic hydroxyl groups is 2. The van der Waals surface area contributed by atoms with Gasteiger partial charge >= 0.3 is 19.9 Å². The molecule has 14 nitrogen and oxygen atoms in total. The zero-order valence-corrected chi connectivity index (χ0v) is 26.4. The molecule has 18 heteroatoms. The molecule has 1 aliphatic rings. The highest BCUT2D eigenvalue weighted by molar-refractivity contribution is 7.52. The third kappa shape index (κ3) is 8.58. The Morgan fingerprint density at radius 1 is 1.19 bits per heavy atom. The van der Waals surface area contributed by atoms with Crippen molar-refractivity contribution < 1.29 is 51.3 Å². The molecule has 1 fully saturated rings. The van der Waals surface area contributed by atoms with E-state index in [0.29, 0.717) is 5.52 Å². The van der Waals surface area contributed by atoms with E-state index in [1.54, 1.807) is 24.3 Å². The van der Waals surface area contributed by atoms with Crippen LogP contribution in [0.25, 0.3) is 5.52 Å². The number of nitrogens with one attached hydrogen (secondary N) is 1. The number of fused-ring (bicyclic) bond motifs is 1. The number of aromatic nitrogens is 3. The Hall–Kier alpha value is -3.78. The number of hydrogen-bond donors (Lipinski definition) is 4. The maximum absolute atomic E-state index is 14.0. The normalized spacial score (nSPS) is 21.5. The van der Waals surface area contributed by atoms with Crippen molar-refractivity contribution in [2.45, 2.75) is 62.6 Å². The van der Waals surface area contributed by atoms with E-state index in [-0.39, 0.29) is 55.5 Å². The van der Waals surface area contributed by atoms with Gasteiger partial charge in [-0.25, -0.2) is 14.1 Å². The number of nitrogens with two attached hydrogens (primary N) is 1. The number of hydrogen-bond acceptors (Lipinski definition) is 12. The molecule has 5 N–H and O–H groups in total. The molecule has 0 amide bonds. The number of methoxy groups -OCH3 is 1. The van der Waals surface area contributed by atoms with E-state index in [4.69, 9.17) is 24.3 Å². The van der Waals surface area contributed by atoms with E-state index >= 15 is 0 Å². The van der Waals surface area contributed by atoms with Crippen molar-refractivity contribution in [2.24, 2.45) is 11.8 Å². The SMILES string of the molecule is CO[C@](C#N)(CO[P@@](=O)(N[C@@H](C)C(=O)OC[C@H]1CC[C@H](C(F)(F)F)CC1)Oc1ccccc1)[C@@H](O)[C@@H](O)c1ccc2c(N)ncnn12. The summed E-state index contributed by atoms with van der Waals surface area (Å²) in [5.41, 5.74) is 3.86. The summed E-state index contributed by atoms with van der Waals surface area (Å²) >= 11 is 0. The van der Waals surface area contributed by atoms with Crippen LogP contribution in [0.2, 0.25) is 0 Å². The molecule has 1 aliphatic carbocycles. The van der Waals surface area contributed by atoms with E-state index in [9.17, 15) is 38.0 Å². The lowest BCUT2D eigenvalue weighted by Crippen LogP contribution is -2.50. The second-order valence-corrected chi connectivity index (χ2v) is 12.9. The van der Waals surface area contributed by atoms with Crippen LogP contribution in [-0.4, -0.2) is 75.0 Å². The Morgan fingerprint density at radius 3 is 2.49 bits per heavy atom. The number of ether oxygens (including phenoxy) is 2. The average molecular weight is 685 g/mol. The highest BCUT2D eigenvalue weighted by Crippen LogP contribution is 2.46. The van der Waals surface area contributed by atoms with Crippen LogP contribution in [0.4, 0.5) is 19.0 Å². The highest BCUT2D eigenvalue weighted by Gasteiger charge is 2.47. The molecule has 256 valence electrons. The number of carbonyl (C=O) groups is 1. The fraction of sp³-hybridized carbons (Fsp3) is 0.517. The number of nitrogens with zero attached hydrogens (tertiary/aromatic N) is 4. The summed E-state index contributed by atoms with van der Waals surface area (Å²) in [6.45, 7) is 0.251. The molecule has 3 aromatic rings. The molecule has 2 aromatic heterocycles. The first kappa shape index (κ1) is 36.1. The Morgan fingerprint density at radius 2 is 1.87 bits per heavy atom. The van der Waals surface area contributed by atoms with Gasteiger partial charge in [-0.3, -0.25) is 9.32 Å². The van der Waals surface area contributed by atoms with Crippen LogP contribution in [0.1, 0.15) is 44.4 Å². The monoisotopic (exact) mass is 684 g/mol. The number of rotatable bonds is 14. The lowest BCUT2D eigenvalue weighted by atomic mass is 9.82. The maximum atomic E-state index is 14.0. The third-order valence-electron chi connectivity index (χ3n) is 8.04. The first-order valence-electron chi connectivity index (χ1n) is 14.6. The molecular formula is C29H36F3N6O8P. The van der Waals surface area contributed by atoms with Crippen molar-refractivity contribution >= 4 is 25.1 Å². The van der Waals surface area contributed by atoms with Gasteiger partial charge in [-0.2, -0.15) is 28.6 Å². The molecule has 0 radical (unpaired) electrons. The average Bonchev–Trinajstić information content (AvgIpc) is 3.49. The minimum Gasteiger partial charge on any atom is -0.464 e. The number of alkyl halides is 3. The lowest BCUT2D eigenvalue weighted by molar-refractivity contribution is -0.185. The smallest absolute Gasteiger partial charge is 0.459 e. The molecule has 0 aliphatic heterocycles. The van der Waals surface area contributed by atoms with Gasteiger partial charge in [0.05, 0.1) is 18.2 Å². The molecule has 1 saturated carbocycles. The summed E-state index contributed by atoms with van der Waals surface area (Å²) in [4.78, 5) is 16.7. The zero-order valence-electron chi connectivity index (χ0n) is 25.5. The molecule has 4 rings (SSSR count). The van der Waals surface area contributed by atoms with Crippen molar-refractivity contribution in [1.29, 1.82) is 5.26 Å². The van der Waals surface area contributed by atoms with Crippen LogP contribution in [0.15, 0.2) is 48.8 Å². The number of carbonyl (C=O) groups excluding carboxylic acids is 1. The van der Waals surface area contributed by atoms with Crippen LogP contribution in [-0.2, 0) is 23.4 Å². The van der Waals surface area contributed by atoms with Gasteiger partial charge in [0, 0.05) is 7.11 Å². The van der Waals surface area contributed by atoms with Crippen LogP contribution < -0.4 is 15.3 Å². The first-order valence-corrected chi connectivity index (χ1v) is 16.2. The topological polar surface area (TPSA) is 204 Å². The number of para-hydroxylation sites is 1. The molecule has 2 heterocycles. The van der Waals surface area contributed by atoms with Crippen LogP contribution in [0.3, 0.4) is 0 Å².